The third-order valence-electron chi connectivity index (χ3n) is 3.14. The smallest absolute Gasteiger partial charge is 0.266 e. The highest BCUT2D eigenvalue weighted by Gasteiger charge is 2.33. The molecule has 0 radical (unpaired) electrons. The molecule has 5 nitrogen and oxygen atoms in total. The molecule has 1 N–H and O–H groups in total. The molecule has 0 bridgehead atoms. The topological polar surface area (TPSA) is 66.5 Å². The lowest BCUT2D eigenvalue weighted by Gasteiger charge is -2.29. The van der Waals surface area contributed by atoms with Crippen molar-refractivity contribution in [2.24, 2.45) is 0 Å². The highest BCUT2D eigenvalue weighted by molar-refractivity contribution is 9.11. The molecule has 0 atom stereocenters. The van der Waals surface area contributed by atoms with Gasteiger partial charge in [0.2, 0.25) is 5.91 Å². The normalized spacial score (nSPS) is 14.8. The first-order valence-electron chi connectivity index (χ1n) is 6.07. The van der Waals surface area contributed by atoms with Crippen LogP contribution < -0.4 is 9.62 Å². The van der Waals surface area contributed by atoms with Crippen LogP contribution in [0.3, 0.4) is 0 Å². The van der Waals surface area contributed by atoms with Crippen LogP contribution in [0.15, 0.2) is 39.0 Å². The number of amides is 1. The zero-order valence-electron chi connectivity index (χ0n) is 11.0. The van der Waals surface area contributed by atoms with Gasteiger partial charge in [-0.05, 0) is 41.1 Å². The van der Waals surface area contributed by atoms with Gasteiger partial charge in [-0.1, -0.05) is 12.1 Å². The molecule has 1 aliphatic heterocycles. The monoisotopic (exact) mass is 386 g/mol. The van der Waals surface area contributed by atoms with Crippen molar-refractivity contribution in [2.45, 2.75) is 11.8 Å². The average molecular weight is 387 g/mol. The molecule has 1 aromatic heterocycles. The first-order valence-corrected chi connectivity index (χ1v) is 9.12. The molecule has 0 spiro atoms. The Bertz CT molecular complexity index is 830. The van der Waals surface area contributed by atoms with E-state index in [4.69, 9.17) is 0 Å². The summed E-state index contributed by atoms with van der Waals surface area (Å²) in [5.74, 6) is -0.343. The number of sulfonamides is 1. The van der Waals surface area contributed by atoms with Crippen molar-refractivity contribution in [1.29, 1.82) is 0 Å². The van der Waals surface area contributed by atoms with Gasteiger partial charge in [0.15, 0.2) is 0 Å². The second-order valence-corrected chi connectivity index (χ2v) is 9.01. The van der Waals surface area contributed by atoms with Crippen LogP contribution in [-0.2, 0) is 14.8 Å². The Morgan fingerprint density at radius 3 is 2.71 bits per heavy atom. The number of halogens is 1. The van der Waals surface area contributed by atoms with Gasteiger partial charge in [-0.25, -0.2) is 8.42 Å². The molecule has 2 aromatic rings. The second kappa shape index (κ2) is 5.11. The Kier molecular flexibility index (Phi) is 3.54. The minimum Gasteiger partial charge on any atom is -0.323 e. The minimum absolute atomic E-state index is 0.216. The van der Waals surface area contributed by atoms with Gasteiger partial charge >= 0.3 is 0 Å². The highest BCUT2D eigenvalue weighted by Crippen LogP contribution is 2.37. The molecule has 110 valence electrons. The van der Waals surface area contributed by atoms with E-state index in [2.05, 4.69) is 21.2 Å². The Balaban J connectivity index is 2.16. The van der Waals surface area contributed by atoms with Crippen molar-refractivity contribution in [2.75, 3.05) is 16.2 Å². The van der Waals surface area contributed by atoms with E-state index in [1.54, 1.807) is 37.3 Å². The fourth-order valence-corrected chi connectivity index (χ4v) is 6.05. The van der Waals surface area contributed by atoms with Gasteiger partial charge in [-0.3, -0.25) is 9.10 Å². The number of benzene rings is 1. The number of rotatable bonds is 2. The number of nitrogens with zero attached hydrogens (tertiary/aromatic N) is 1. The predicted molar refractivity (Wildman–Crippen MR) is 86.4 cm³/mol. The summed E-state index contributed by atoms with van der Waals surface area (Å²) >= 11 is 4.65. The standard InChI is InChI=1S/C13H11BrN2O3S2/c1-8-11(6-12(14)20-8)21(18,19)16-7-13(17)15-9-4-2-3-5-10(9)16/h2-6H,7H2,1H3,(H,15,17). The quantitative estimate of drug-likeness (QED) is 0.862. The maximum atomic E-state index is 12.9. The molecular weight excluding hydrogens is 376 g/mol. The number of hydrogen-bond donors (Lipinski definition) is 1. The van der Waals surface area contributed by atoms with E-state index in [0.29, 0.717) is 16.3 Å². The van der Waals surface area contributed by atoms with E-state index in [-0.39, 0.29) is 17.3 Å². The van der Waals surface area contributed by atoms with Crippen LogP contribution in [0.4, 0.5) is 11.4 Å². The lowest BCUT2D eigenvalue weighted by Crippen LogP contribution is -2.42. The van der Waals surface area contributed by atoms with Gasteiger partial charge in [-0.2, -0.15) is 0 Å². The molecule has 0 saturated heterocycles. The van der Waals surface area contributed by atoms with Crippen LogP contribution in [0.5, 0.6) is 0 Å². The molecule has 2 heterocycles. The first-order chi connectivity index (χ1) is 9.89. The molecule has 0 fully saturated rings. The van der Waals surface area contributed by atoms with Crippen molar-refractivity contribution in [3.63, 3.8) is 0 Å². The largest absolute Gasteiger partial charge is 0.323 e. The Morgan fingerprint density at radius 1 is 1.33 bits per heavy atom. The minimum atomic E-state index is -3.77. The maximum Gasteiger partial charge on any atom is 0.266 e. The number of hydrogen-bond acceptors (Lipinski definition) is 4. The Labute approximate surface area is 134 Å². The number of anilines is 2. The molecule has 1 aliphatic rings. The molecule has 1 amide bonds. The lowest BCUT2D eigenvalue weighted by molar-refractivity contribution is -0.115. The third kappa shape index (κ3) is 2.47. The zero-order chi connectivity index (χ0) is 15.2. The number of carbonyl (C=O) groups excluding carboxylic acids is 1. The molecule has 0 saturated carbocycles. The molecule has 21 heavy (non-hydrogen) atoms. The molecule has 0 aliphatic carbocycles. The predicted octanol–water partition coefficient (Wildman–Crippen LogP) is 2.97. The number of thiophene rings is 1. The zero-order valence-corrected chi connectivity index (χ0v) is 14.2. The van der Waals surface area contributed by atoms with Crippen LogP contribution in [0.2, 0.25) is 0 Å². The third-order valence-corrected chi connectivity index (χ3v) is 6.71. The summed E-state index contributed by atoms with van der Waals surface area (Å²) in [4.78, 5) is 12.7. The van der Waals surface area contributed by atoms with E-state index < -0.39 is 10.0 Å². The van der Waals surface area contributed by atoms with Gasteiger partial charge < -0.3 is 5.32 Å². The average Bonchev–Trinajstić information content (AvgIpc) is 2.77. The van der Waals surface area contributed by atoms with E-state index in [0.717, 1.165) is 8.09 Å². The van der Waals surface area contributed by atoms with Gasteiger partial charge in [0.1, 0.15) is 11.4 Å². The summed E-state index contributed by atoms with van der Waals surface area (Å²) in [5.41, 5.74) is 0.989. The number of aryl methyl sites for hydroxylation is 1. The van der Waals surface area contributed by atoms with Crippen molar-refractivity contribution in [3.05, 3.63) is 39.0 Å². The fraction of sp³-hybridized carbons (Fsp3) is 0.154. The van der Waals surface area contributed by atoms with Gasteiger partial charge in [0.05, 0.1) is 15.2 Å². The van der Waals surface area contributed by atoms with E-state index in [1.165, 1.54) is 11.3 Å². The summed E-state index contributed by atoms with van der Waals surface area (Å²) in [7, 11) is -3.77. The van der Waals surface area contributed by atoms with Crippen molar-refractivity contribution < 1.29 is 13.2 Å². The van der Waals surface area contributed by atoms with E-state index in [1.807, 2.05) is 0 Å². The molecule has 1 aromatic carbocycles. The summed E-state index contributed by atoms with van der Waals surface area (Å²) in [6.07, 6.45) is 0. The van der Waals surface area contributed by atoms with Gasteiger partial charge in [0.25, 0.3) is 10.0 Å². The number of fused-ring (bicyclic) bond motifs is 1. The van der Waals surface area contributed by atoms with E-state index >= 15 is 0 Å². The number of nitrogens with one attached hydrogen (secondary N) is 1. The second-order valence-electron chi connectivity index (χ2n) is 4.55. The highest BCUT2D eigenvalue weighted by atomic mass is 79.9. The fourth-order valence-electron chi connectivity index (χ4n) is 2.22. The number of carbonyl (C=O) groups is 1. The van der Waals surface area contributed by atoms with Crippen LogP contribution in [0.25, 0.3) is 0 Å². The van der Waals surface area contributed by atoms with Gasteiger partial charge in [-0.15, -0.1) is 11.3 Å². The molecule has 8 heteroatoms. The summed E-state index contributed by atoms with van der Waals surface area (Å²) in [6.45, 7) is 1.53. The summed E-state index contributed by atoms with van der Waals surface area (Å²) < 4.78 is 27.6. The molecule has 0 unspecified atom stereocenters. The lowest BCUT2D eigenvalue weighted by atomic mass is 10.2. The summed E-state index contributed by atoms with van der Waals surface area (Å²) in [5, 5.41) is 2.68. The SMILES string of the molecule is Cc1sc(Br)cc1S(=O)(=O)N1CC(=O)Nc2ccccc21. The van der Waals surface area contributed by atoms with Crippen LogP contribution in [-0.4, -0.2) is 20.9 Å². The van der Waals surface area contributed by atoms with Crippen molar-refractivity contribution in [1.82, 2.24) is 0 Å². The van der Waals surface area contributed by atoms with E-state index in [9.17, 15) is 13.2 Å². The van der Waals surface area contributed by atoms with Crippen molar-refractivity contribution in [3.8, 4) is 0 Å². The molecule has 3 rings (SSSR count). The summed E-state index contributed by atoms with van der Waals surface area (Å²) in [6, 6.07) is 8.44. The Hall–Kier alpha value is -1.38. The molecular formula is C13H11BrN2O3S2. The maximum absolute atomic E-state index is 12.9. The van der Waals surface area contributed by atoms with Crippen LogP contribution in [0.1, 0.15) is 4.88 Å². The first kappa shape index (κ1) is 14.6. The number of para-hydroxylation sites is 2. The van der Waals surface area contributed by atoms with Crippen molar-refractivity contribution >= 4 is 54.6 Å². The van der Waals surface area contributed by atoms with Crippen LogP contribution >= 0.6 is 27.3 Å². The Morgan fingerprint density at radius 2 is 2.05 bits per heavy atom. The van der Waals surface area contributed by atoms with Gasteiger partial charge in [0, 0.05) is 4.88 Å². The van der Waals surface area contributed by atoms with Crippen LogP contribution in [0, 0.1) is 6.92 Å².